The Labute approximate surface area is 366 Å². The molecule has 59 heavy (non-hydrogen) atoms. The third-order valence-electron chi connectivity index (χ3n) is 9.66. The predicted molar refractivity (Wildman–Crippen MR) is 245 cm³/mol. The minimum Gasteiger partial charge on any atom is -0.491 e. The maximum absolute atomic E-state index is 6.41. The zero-order valence-electron chi connectivity index (χ0n) is 34.1. The Morgan fingerprint density at radius 3 is 1.71 bits per heavy atom. The van der Waals surface area contributed by atoms with Crippen molar-refractivity contribution in [2.45, 2.75) is 60.2 Å². The highest BCUT2D eigenvalue weighted by molar-refractivity contribution is 6.44. The normalized spacial score (nSPS) is 12.0. The van der Waals surface area contributed by atoms with Crippen molar-refractivity contribution < 1.29 is 9.47 Å². The van der Waals surface area contributed by atoms with E-state index in [9.17, 15) is 0 Å². The summed E-state index contributed by atoms with van der Waals surface area (Å²) >= 11 is 25.0. The number of nitrogens with two attached hydrogens (primary N) is 3. The fourth-order valence-corrected chi connectivity index (χ4v) is 7.04. The first-order valence-electron chi connectivity index (χ1n) is 18.8. The average molecular weight is 878 g/mol. The molecule has 7 N–H and O–H groups in total. The van der Waals surface area contributed by atoms with Crippen molar-refractivity contribution in [3.63, 3.8) is 0 Å². The van der Waals surface area contributed by atoms with Crippen molar-refractivity contribution in [2.24, 2.45) is 0 Å². The van der Waals surface area contributed by atoms with E-state index in [1.807, 2.05) is 101 Å². The topological polar surface area (TPSA) is 163 Å². The highest BCUT2D eigenvalue weighted by Gasteiger charge is 2.20. The first kappa shape index (κ1) is 45.1. The van der Waals surface area contributed by atoms with Gasteiger partial charge in [0.1, 0.15) is 36.3 Å². The molecule has 2 aromatic heterocycles. The van der Waals surface area contributed by atoms with Gasteiger partial charge in [-0.25, -0.2) is 9.97 Å². The monoisotopic (exact) mass is 875 g/mol. The number of para-hydroxylation sites is 2. The number of anilines is 4. The molecule has 0 aliphatic carbocycles. The quantitative estimate of drug-likeness (QED) is 0.0873. The molecule has 310 valence electrons. The van der Waals surface area contributed by atoms with Gasteiger partial charge in [-0.2, -0.15) is 9.97 Å². The first-order valence-corrected chi connectivity index (χ1v) is 20.4. The molecule has 15 heteroatoms. The molecule has 2 atom stereocenters. The lowest BCUT2D eigenvalue weighted by Gasteiger charge is -2.26. The van der Waals surface area contributed by atoms with E-state index < -0.39 is 0 Å². The number of hydrogen-bond acceptors (Lipinski definition) is 11. The number of aryl methyl sites for hydroxylation is 4. The minimum absolute atomic E-state index is 0.0361. The van der Waals surface area contributed by atoms with E-state index in [0.29, 0.717) is 79.6 Å². The molecule has 0 spiro atoms. The zero-order chi connectivity index (χ0) is 43.0. The van der Waals surface area contributed by atoms with Crippen LogP contribution in [0.4, 0.5) is 23.5 Å². The van der Waals surface area contributed by atoms with Crippen LogP contribution in [0.1, 0.15) is 41.8 Å². The molecule has 0 saturated heterocycles. The maximum atomic E-state index is 6.41. The summed E-state index contributed by atoms with van der Waals surface area (Å²) in [5.74, 6) is 3.04. The SMILES string of the molecule is Cc1cccc(C)c1OCC(C)N(C)c1ncc(-c2cccc(Cl)c2Cl)c(N)n1.Cc1cccc(C)c1OCC(C)NCc1nc(N)nc(N)c1-c1cccc(Cl)c1Cl. The van der Waals surface area contributed by atoms with E-state index in [-0.39, 0.29) is 23.8 Å². The number of rotatable bonds is 13. The fourth-order valence-electron chi connectivity index (χ4n) is 6.24. The molecule has 2 heterocycles. The van der Waals surface area contributed by atoms with Gasteiger partial charge in [-0.05, 0) is 75.9 Å². The van der Waals surface area contributed by atoms with Crippen molar-refractivity contribution in [3.8, 4) is 33.8 Å². The Bertz CT molecular complexity index is 2380. The molecular formula is C44H49Cl4N9O2. The van der Waals surface area contributed by atoms with Gasteiger partial charge in [-0.1, -0.05) is 107 Å². The van der Waals surface area contributed by atoms with Crippen molar-refractivity contribution in [2.75, 3.05) is 42.4 Å². The number of hydrogen-bond donors (Lipinski definition) is 4. The number of nitrogens with one attached hydrogen (secondary N) is 1. The highest BCUT2D eigenvalue weighted by Crippen LogP contribution is 2.38. The maximum Gasteiger partial charge on any atom is 0.227 e. The molecule has 0 radical (unpaired) electrons. The van der Waals surface area contributed by atoms with Crippen LogP contribution in [-0.4, -0.2) is 52.3 Å². The van der Waals surface area contributed by atoms with Crippen LogP contribution in [0.2, 0.25) is 20.1 Å². The molecule has 0 amide bonds. The highest BCUT2D eigenvalue weighted by atomic mass is 35.5. The summed E-state index contributed by atoms with van der Waals surface area (Å²) in [7, 11) is 1.92. The fraction of sp³-hybridized carbons (Fsp3) is 0.273. The van der Waals surface area contributed by atoms with Gasteiger partial charge in [0.25, 0.3) is 0 Å². The molecule has 6 aromatic rings. The van der Waals surface area contributed by atoms with Gasteiger partial charge in [-0.3, -0.25) is 0 Å². The number of ether oxygens (including phenoxy) is 2. The predicted octanol–water partition coefficient (Wildman–Crippen LogP) is 10.3. The Morgan fingerprint density at radius 2 is 1.15 bits per heavy atom. The van der Waals surface area contributed by atoms with Crippen LogP contribution in [0.5, 0.6) is 11.5 Å². The summed E-state index contributed by atoms with van der Waals surface area (Å²) in [6.07, 6.45) is 1.67. The van der Waals surface area contributed by atoms with Gasteiger partial charge >= 0.3 is 0 Å². The van der Waals surface area contributed by atoms with E-state index in [2.05, 4.69) is 32.2 Å². The lowest BCUT2D eigenvalue weighted by atomic mass is 10.0. The van der Waals surface area contributed by atoms with Crippen LogP contribution in [0.25, 0.3) is 22.3 Å². The van der Waals surface area contributed by atoms with Crippen molar-refractivity contribution in [3.05, 3.63) is 127 Å². The van der Waals surface area contributed by atoms with Crippen LogP contribution < -0.4 is 36.9 Å². The molecule has 11 nitrogen and oxygen atoms in total. The van der Waals surface area contributed by atoms with Crippen LogP contribution in [0.15, 0.2) is 79.0 Å². The summed E-state index contributed by atoms with van der Waals surface area (Å²) in [5, 5.41) is 5.12. The van der Waals surface area contributed by atoms with Crippen LogP contribution in [-0.2, 0) is 6.54 Å². The lowest BCUT2D eigenvalue weighted by molar-refractivity contribution is 0.269. The second kappa shape index (κ2) is 20.3. The minimum atomic E-state index is 0.0361. The molecule has 0 bridgehead atoms. The van der Waals surface area contributed by atoms with Gasteiger partial charge in [0.05, 0.1) is 31.8 Å². The number of benzene rings is 4. The molecule has 0 saturated carbocycles. The summed E-state index contributed by atoms with van der Waals surface area (Å²) in [6, 6.07) is 23.0. The van der Waals surface area contributed by atoms with Gasteiger partial charge in [0, 0.05) is 48.1 Å². The number of aromatic nitrogens is 4. The molecule has 0 aliphatic rings. The van der Waals surface area contributed by atoms with Crippen molar-refractivity contribution in [1.29, 1.82) is 0 Å². The van der Waals surface area contributed by atoms with Gasteiger partial charge in [0.2, 0.25) is 11.9 Å². The number of halogens is 4. The van der Waals surface area contributed by atoms with E-state index in [0.717, 1.165) is 33.8 Å². The first-order chi connectivity index (χ1) is 28.1. The summed E-state index contributed by atoms with van der Waals surface area (Å²) in [6.45, 7) is 13.6. The number of nitrogens with zero attached hydrogens (tertiary/aromatic N) is 5. The van der Waals surface area contributed by atoms with Crippen LogP contribution >= 0.6 is 46.4 Å². The summed E-state index contributed by atoms with van der Waals surface area (Å²) in [4.78, 5) is 19.4. The molecule has 0 fully saturated rings. The molecular weight excluding hydrogens is 828 g/mol. The van der Waals surface area contributed by atoms with Gasteiger partial charge in [0.15, 0.2) is 0 Å². The van der Waals surface area contributed by atoms with E-state index in [4.69, 9.17) is 73.1 Å². The number of likely N-dealkylation sites (N-methyl/N-ethyl adjacent to an activating group) is 1. The third-order valence-corrected chi connectivity index (χ3v) is 11.3. The zero-order valence-corrected chi connectivity index (χ0v) is 37.1. The van der Waals surface area contributed by atoms with Gasteiger partial charge in [-0.15, -0.1) is 0 Å². The average Bonchev–Trinajstić information content (AvgIpc) is 3.19. The Morgan fingerprint density at radius 1 is 0.644 bits per heavy atom. The van der Waals surface area contributed by atoms with Crippen LogP contribution in [0, 0.1) is 27.7 Å². The van der Waals surface area contributed by atoms with Gasteiger partial charge < -0.3 is 36.9 Å². The summed E-state index contributed by atoms with van der Waals surface area (Å²) < 4.78 is 12.1. The van der Waals surface area contributed by atoms with Crippen molar-refractivity contribution in [1.82, 2.24) is 25.3 Å². The smallest absolute Gasteiger partial charge is 0.227 e. The molecule has 0 aliphatic heterocycles. The molecule has 4 aromatic carbocycles. The molecule has 6 rings (SSSR count). The van der Waals surface area contributed by atoms with E-state index in [1.54, 1.807) is 24.4 Å². The van der Waals surface area contributed by atoms with Crippen LogP contribution in [0.3, 0.4) is 0 Å². The second-order valence-corrected chi connectivity index (χ2v) is 15.8. The lowest BCUT2D eigenvalue weighted by Crippen LogP contribution is -2.35. The summed E-state index contributed by atoms with van der Waals surface area (Å²) in [5.41, 5.74) is 25.9. The standard InChI is InChI=1S/C22H25Cl2N5O.C22H24Cl2N4O/c1-12-6-4-7-13(2)20(12)30-11-14(3)27-10-17-18(21(25)29-22(26)28-17)15-8-5-9-16(23)19(15)24;1-13-7-5-8-14(2)20(13)29-12-15(3)28(4)22-26-11-17(21(25)27-22)16-9-6-10-18(23)19(16)24/h4-9,14,27H,10-11H2,1-3H3,(H4,25,26,28,29);5-11,15H,12H2,1-4H3,(H2,25,26,27). The molecule has 2 unspecified atom stereocenters. The Balaban J connectivity index is 0.000000224. The Kier molecular flexibility index (Phi) is 15.5. The van der Waals surface area contributed by atoms with E-state index >= 15 is 0 Å². The third kappa shape index (κ3) is 11.2. The van der Waals surface area contributed by atoms with E-state index in [1.165, 1.54) is 0 Å². The number of nitrogen functional groups attached to an aromatic ring is 3. The second-order valence-electron chi connectivity index (χ2n) is 14.3. The van der Waals surface area contributed by atoms with Crippen molar-refractivity contribution >= 4 is 69.9 Å². The Hall–Kier alpha value is -5.04. The largest absolute Gasteiger partial charge is 0.491 e.